The smallest absolute Gasteiger partial charge is 0.191 e. The predicted octanol–water partition coefficient (Wildman–Crippen LogP) is 2.65. The number of hydrogen-bond donors (Lipinski definition) is 3. The van der Waals surface area contributed by atoms with Crippen LogP contribution in [0.1, 0.15) is 33.3 Å². The molecule has 5 nitrogen and oxygen atoms in total. The Hall–Kier alpha value is -1.82. The molecule has 3 N–H and O–H groups in total. The van der Waals surface area contributed by atoms with E-state index in [4.69, 9.17) is 4.74 Å². The number of phenols is 1. The summed E-state index contributed by atoms with van der Waals surface area (Å²) in [7, 11) is 1.70. The first-order chi connectivity index (χ1) is 10.8. The van der Waals surface area contributed by atoms with E-state index in [1.54, 1.807) is 13.2 Å². The molecule has 0 aliphatic carbocycles. The highest BCUT2D eigenvalue weighted by Crippen LogP contribution is 2.21. The molecule has 6 heteroatoms. The average Bonchev–Trinajstić information content (AvgIpc) is 2.47. The number of ether oxygens (including phenoxy) is 1. The molecule has 0 amide bonds. The van der Waals surface area contributed by atoms with Gasteiger partial charge in [-0.15, -0.1) is 0 Å². The third kappa shape index (κ3) is 6.44. The molecule has 0 fully saturated rings. The fourth-order valence-corrected chi connectivity index (χ4v) is 2.09. The largest absolute Gasteiger partial charge is 0.505 e. The van der Waals surface area contributed by atoms with Crippen LogP contribution >= 0.6 is 0 Å². The van der Waals surface area contributed by atoms with E-state index in [-0.39, 0.29) is 17.3 Å². The Morgan fingerprint density at radius 3 is 2.57 bits per heavy atom. The molecule has 0 saturated heterocycles. The van der Waals surface area contributed by atoms with Gasteiger partial charge < -0.3 is 20.5 Å². The minimum Gasteiger partial charge on any atom is -0.505 e. The molecule has 23 heavy (non-hydrogen) atoms. The number of aromatic hydroxyl groups is 1. The molecule has 0 bridgehead atoms. The molecule has 1 unspecified atom stereocenters. The van der Waals surface area contributed by atoms with E-state index >= 15 is 0 Å². The quantitative estimate of drug-likeness (QED) is 0.556. The summed E-state index contributed by atoms with van der Waals surface area (Å²) in [4.78, 5) is 4.43. The normalized spacial score (nSPS) is 13.7. The van der Waals surface area contributed by atoms with Gasteiger partial charge in [0, 0.05) is 20.2 Å². The zero-order chi connectivity index (χ0) is 17.5. The number of nitrogens with zero attached hydrogens (tertiary/aromatic N) is 1. The Balaban J connectivity index is 2.71. The minimum absolute atomic E-state index is 0.0131. The van der Waals surface area contributed by atoms with E-state index in [9.17, 15) is 9.50 Å². The maximum absolute atomic E-state index is 13.3. The second kappa shape index (κ2) is 8.72. The molecular weight excluding hydrogens is 297 g/mol. The number of benzene rings is 1. The Morgan fingerprint density at radius 1 is 1.35 bits per heavy atom. The van der Waals surface area contributed by atoms with Crippen molar-refractivity contribution >= 4 is 5.96 Å². The summed E-state index contributed by atoms with van der Waals surface area (Å²) in [6, 6.07) is 4.27. The number of guanidine groups is 1. The van der Waals surface area contributed by atoms with Gasteiger partial charge in [-0.25, -0.2) is 9.38 Å². The average molecular weight is 325 g/mol. The Labute approximate surface area is 138 Å². The van der Waals surface area contributed by atoms with Crippen LogP contribution in [-0.4, -0.2) is 37.4 Å². The molecule has 1 aromatic rings. The zero-order valence-corrected chi connectivity index (χ0v) is 14.6. The van der Waals surface area contributed by atoms with Gasteiger partial charge in [-0.05, 0) is 30.0 Å². The van der Waals surface area contributed by atoms with Crippen LogP contribution in [0.15, 0.2) is 23.2 Å². The monoisotopic (exact) mass is 325 g/mol. The molecule has 0 spiro atoms. The number of rotatable bonds is 6. The first kappa shape index (κ1) is 19.2. The van der Waals surface area contributed by atoms with Crippen molar-refractivity contribution in [2.45, 2.75) is 40.3 Å². The van der Waals surface area contributed by atoms with Crippen LogP contribution in [0, 0.1) is 11.2 Å². The summed E-state index contributed by atoms with van der Waals surface area (Å²) >= 11 is 0. The summed E-state index contributed by atoms with van der Waals surface area (Å²) in [6.07, 6.45) is 0.0393. The van der Waals surface area contributed by atoms with Gasteiger partial charge in [-0.3, -0.25) is 0 Å². The van der Waals surface area contributed by atoms with Gasteiger partial charge in [-0.1, -0.05) is 26.8 Å². The fourth-order valence-electron chi connectivity index (χ4n) is 2.09. The van der Waals surface area contributed by atoms with Crippen LogP contribution in [0.2, 0.25) is 0 Å². The lowest BCUT2D eigenvalue weighted by Crippen LogP contribution is -2.45. The second-order valence-corrected chi connectivity index (χ2v) is 6.45. The standard InChI is InChI=1S/C17H28FN3O2/c1-6-19-16(21-11-15(23-5)17(2,3)4)20-10-12-7-8-14(22)13(18)9-12/h7-9,15,22H,6,10-11H2,1-5H3,(H2,19,20,21). The Kier molecular flexibility index (Phi) is 7.29. The lowest BCUT2D eigenvalue weighted by atomic mass is 9.89. The highest BCUT2D eigenvalue weighted by molar-refractivity contribution is 5.79. The third-order valence-corrected chi connectivity index (χ3v) is 3.48. The van der Waals surface area contributed by atoms with E-state index in [1.165, 1.54) is 12.1 Å². The second-order valence-electron chi connectivity index (χ2n) is 6.45. The number of methoxy groups -OCH3 is 1. The summed E-state index contributed by atoms with van der Waals surface area (Å²) in [5.41, 5.74) is 0.704. The molecule has 1 rings (SSSR count). The molecule has 0 aliphatic heterocycles. The first-order valence-electron chi connectivity index (χ1n) is 7.80. The summed E-state index contributed by atoms with van der Waals surface area (Å²) in [6.45, 7) is 10.00. The molecular formula is C17H28FN3O2. The number of nitrogens with one attached hydrogen (secondary N) is 2. The SMILES string of the molecule is CCNC(=NCc1ccc(O)c(F)c1)NCC(OC)C(C)(C)C. The minimum atomic E-state index is -0.636. The van der Waals surface area contributed by atoms with Gasteiger partial charge in [0.2, 0.25) is 0 Å². The van der Waals surface area contributed by atoms with Crippen molar-refractivity contribution in [3.8, 4) is 5.75 Å². The maximum Gasteiger partial charge on any atom is 0.191 e. The highest BCUT2D eigenvalue weighted by atomic mass is 19.1. The number of phenolic OH excluding ortho intramolecular Hbond substituents is 1. The first-order valence-corrected chi connectivity index (χ1v) is 7.80. The fraction of sp³-hybridized carbons (Fsp3) is 0.588. The molecule has 1 atom stereocenters. The van der Waals surface area contributed by atoms with E-state index in [0.717, 1.165) is 6.54 Å². The molecule has 0 saturated carbocycles. The Bertz CT molecular complexity index is 527. The molecule has 130 valence electrons. The topological polar surface area (TPSA) is 65.9 Å². The van der Waals surface area contributed by atoms with E-state index in [1.807, 2.05) is 6.92 Å². The van der Waals surface area contributed by atoms with Gasteiger partial charge in [-0.2, -0.15) is 0 Å². The number of halogens is 1. The molecule has 0 radical (unpaired) electrons. The molecule has 1 aromatic carbocycles. The van der Waals surface area contributed by atoms with Crippen molar-refractivity contribution in [2.75, 3.05) is 20.2 Å². The van der Waals surface area contributed by atoms with Crippen molar-refractivity contribution in [1.82, 2.24) is 10.6 Å². The van der Waals surface area contributed by atoms with Crippen LogP contribution in [0.3, 0.4) is 0 Å². The van der Waals surface area contributed by atoms with E-state index < -0.39 is 5.82 Å². The van der Waals surface area contributed by atoms with Gasteiger partial charge in [0.25, 0.3) is 0 Å². The summed E-state index contributed by atoms with van der Waals surface area (Å²) in [5, 5.41) is 15.6. The zero-order valence-electron chi connectivity index (χ0n) is 14.6. The van der Waals surface area contributed by atoms with Crippen LogP contribution in [-0.2, 0) is 11.3 Å². The van der Waals surface area contributed by atoms with Crippen molar-refractivity contribution in [3.63, 3.8) is 0 Å². The van der Waals surface area contributed by atoms with Gasteiger partial charge >= 0.3 is 0 Å². The van der Waals surface area contributed by atoms with Gasteiger partial charge in [0.15, 0.2) is 17.5 Å². The van der Waals surface area contributed by atoms with Crippen LogP contribution in [0.5, 0.6) is 5.75 Å². The molecule has 0 aromatic heterocycles. The van der Waals surface area contributed by atoms with Crippen LogP contribution < -0.4 is 10.6 Å². The lowest BCUT2D eigenvalue weighted by molar-refractivity contribution is 0.0205. The van der Waals surface area contributed by atoms with Crippen molar-refractivity contribution < 1.29 is 14.2 Å². The highest BCUT2D eigenvalue weighted by Gasteiger charge is 2.24. The number of aliphatic imine (C=N–C) groups is 1. The molecule has 0 heterocycles. The predicted molar refractivity (Wildman–Crippen MR) is 91.1 cm³/mol. The van der Waals surface area contributed by atoms with Gasteiger partial charge in [0.05, 0.1) is 12.6 Å². The third-order valence-electron chi connectivity index (χ3n) is 3.48. The van der Waals surface area contributed by atoms with Gasteiger partial charge in [0.1, 0.15) is 0 Å². The summed E-state index contributed by atoms with van der Waals surface area (Å²) in [5.74, 6) is -0.342. The maximum atomic E-state index is 13.3. The van der Waals surface area contributed by atoms with E-state index in [0.29, 0.717) is 24.6 Å². The molecule has 0 aliphatic rings. The van der Waals surface area contributed by atoms with Crippen molar-refractivity contribution in [2.24, 2.45) is 10.4 Å². The number of hydrogen-bond acceptors (Lipinski definition) is 3. The van der Waals surface area contributed by atoms with Crippen LogP contribution in [0.4, 0.5) is 4.39 Å². The Morgan fingerprint density at radius 2 is 2.04 bits per heavy atom. The van der Waals surface area contributed by atoms with Crippen molar-refractivity contribution in [3.05, 3.63) is 29.6 Å². The van der Waals surface area contributed by atoms with Crippen molar-refractivity contribution in [1.29, 1.82) is 0 Å². The lowest BCUT2D eigenvalue weighted by Gasteiger charge is -2.30. The van der Waals surface area contributed by atoms with E-state index in [2.05, 4.69) is 36.4 Å². The summed E-state index contributed by atoms with van der Waals surface area (Å²) < 4.78 is 18.8. The van der Waals surface area contributed by atoms with Crippen LogP contribution in [0.25, 0.3) is 0 Å².